The van der Waals surface area contributed by atoms with Crippen LogP contribution in [0.5, 0.6) is 0 Å². The van der Waals surface area contributed by atoms with Gasteiger partial charge in [0.15, 0.2) is 5.78 Å². The Labute approximate surface area is 92.7 Å². The lowest BCUT2D eigenvalue weighted by atomic mass is 9.55. The minimum atomic E-state index is 0.285. The second-order valence-corrected chi connectivity index (χ2v) is 5.52. The highest BCUT2D eigenvalue weighted by molar-refractivity contribution is 6.12. The second kappa shape index (κ2) is 3.23. The van der Waals surface area contributed by atoms with E-state index in [9.17, 15) is 4.79 Å². The number of Topliss-reactive ketones (excluding diaryl/α,β-unsaturated/α-hetero) is 1. The molecule has 3 fully saturated rings. The molecule has 2 radical (unpaired) electrons. The van der Waals surface area contributed by atoms with Crippen molar-refractivity contribution in [2.45, 2.75) is 37.9 Å². The molecule has 0 aliphatic heterocycles. The number of hydrogen-bond donors (Lipinski definition) is 0. The fourth-order valence-corrected chi connectivity index (χ4v) is 4.25. The summed E-state index contributed by atoms with van der Waals surface area (Å²) < 4.78 is 0. The normalized spacial score (nSPS) is 49.2. The Morgan fingerprint density at radius 2 is 1.93 bits per heavy atom. The lowest BCUT2D eigenvalue weighted by molar-refractivity contribution is -0.119. The van der Waals surface area contributed by atoms with Gasteiger partial charge < -0.3 is 0 Å². The number of carbonyl (C=O) groups is 1. The van der Waals surface area contributed by atoms with Crippen molar-refractivity contribution in [1.29, 1.82) is 0 Å². The lowest BCUT2D eigenvalue weighted by Gasteiger charge is -2.44. The molecule has 0 spiro atoms. The van der Waals surface area contributed by atoms with E-state index in [1.807, 2.05) is 0 Å². The number of allylic oxidation sites excluding steroid dienone is 1. The second-order valence-electron chi connectivity index (χ2n) is 5.52. The summed E-state index contributed by atoms with van der Waals surface area (Å²) in [7, 11) is 6.19. The molecule has 15 heavy (non-hydrogen) atoms. The maximum Gasteiger partial charge on any atom is 0.161 e. The van der Waals surface area contributed by atoms with Gasteiger partial charge in [0.25, 0.3) is 0 Å². The summed E-state index contributed by atoms with van der Waals surface area (Å²) in [6, 6.07) is 0. The highest BCUT2D eigenvalue weighted by atomic mass is 16.1. The standard InChI is InChI=1S/C13H17BO/c1-7-8-3-2-4-9-11(14)6-5-10(12(8)9)13(7)15/h8-12H,1-6H2. The monoisotopic (exact) mass is 200 g/mol. The zero-order valence-corrected chi connectivity index (χ0v) is 9.11. The van der Waals surface area contributed by atoms with E-state index in [0.717, 1.165) is 18.4 Å². The summed E-state index contributed by atoms with van der Waals surface area (Å²) >= 11 is 0. The topological polar surface area (TPSA) is 17.1 Å². The van der Waals surface area contributed by atoms with Crippen LogP contribution in [-0.4, -0.2) is 13.6 Å². The summed E-state index contributed by atoms with van der Waals surface area (Å²) in [6.07, 6.45) is 5.70. The molecule has 3 aliphatic rings. The first-order valence-corrected chi connectivity index (χ1v) is 6.18. The first-order chi connectivity index (χ1) is 7.20. The van der Waals surface area contributed by atoms with Gasteiger partial charge in [0.05, 0.1) is 7.85 Å². The van der Waals surface area contributed by atoms with E-state index in [0.29, 0.717) is 29.4 Å². The van der Waals surface area contributed by atoms with Crippen LogP contribution >= 0.6 is 0 Å². The van der Waals surface area contributed by atoms with Gasteiger partial charge in [-0.05, 0) is 36.2 Å². The molecular formula is C13H17BO. The smallest absolute Gasteiger partial charge is 0.161 e. The number of rotatable bonds is 0. The van der Waals surface area contributed by atoms with Crippen LogP contribution in [0.2, 0.25) is 5.82 Å². The first kappa shape index (κ1) is 9.68. The van der Waals surface area contributed by atoms with Crippen molar-refractivity contribution in [2.75, 3.05) is 0 Å². The Hall–Kier alpha value is -0.525. The lowest BCUT2D eigenvalue weighted by Crippen LogP contribution is -2.36. The number of carbonyl (C=O) groups excluding carboxylic acids is 1. The van der Waals surface area contributed by atoms with Crippen LogP contribution in [0, 0.1) is 23.7 Å². The third-order valence-corrected chi connectivity index (χ3v) is 4.94. The predicted molar refractivity (Wildman–Crippen MR) is 60.7 cm³/mol. The van der Waals surface area contributed by atoms with Gasteiger partial charge >= 0.3 is 0 Å². The highest BCUT2D eigenvalue weighted by Gasteiger charge is 2.52. The highest BCUT2D eigenvalue weighted by Crippen LogP contribution is 2.57. The zero-order chi connectivity index (χ0) is 10.6. The van der Waals surface area contributed by atoms with Gasteiger partial charge in [0.2, 0.25) is 0 Å². The van der Waals surface area contributed by atoms with Crippen LogP contribution in [-0.2, 0) is 4.79 Å². The zero-order valence-electron chi connectivity index (χ0n) is 9.11. The van der Waals surface area contributed by atoms with Crippen molar-refractivity contribution in [3.63, 3.8) is 0 Å². The predicted octanol–water partition coefficient (Wildman–Crippen LogP) is 2.52. The van der Waals surface area contributed by atoms with E-state index in [2.05, 4.69) is 6.58 Å². The van der Waals surface area contributed by atoms with E-state index in [-0.39, 0.29) is 5.92 Å². The van der Waals surface area contributed by atoms with Crippen LogP contribution in [0.15, 0.2) is 12.2 Å². The van der Waals surface area contributed by atoms with E-state index in [1.54, 1.807) is 0 Å². The molecule has 0 amide bonds. The van der Waals surface area contributed by atoms with Gasteiger partial charge in [0, 0.05) is 5.92 Å². The average Bonchev–Trinajstić information content (AvgIpc) is 2.50. The molecule has 5 unspecified atom stereocenters. The Bertz CT molecular complexity index is 306. The first-order valence-electron chi connectivity index (χ1n) is 6.18. The third kappa shape index (κ3) is 1.20. The molecule has 5 atom stereocenters. The summed E-state index contributed by atoms with van der Waals surface area (Å²) in [4.78, 5) is 12.0. The molecule has 0 N–H and O–H groups in total. The summed E-state index contributed by atoms with van der Waals surface area (Å²) in [5.74, 6) is 2.63. The minimum absolute atomic E-state index is 0.285. The number of hydrogen-bond acceptors (Lipinski definition) is 1. The molecule has 2 heteroatoms. The van der Waals surface area contributed by atoms with Crippen molar-refractivity contribution < 1.29 is 4.79 Å². The molecule has 0 aromatic rings. The Morgan fingerprint density at radius 1 is 1.13 bits per heavy atom. The number of ketones is 1. The minimum Gasteiger partial charge on any atom is -0.294 e. The molecule has 0 bridgehead atoms. The molecule has 3 saturated carbocycles. The van der Waals surface area contributed by atoms with E-state index < -0.39 is 0 Å². The Morgan fingerprint density at radius 3 is 2.73 bits per heavy atom. The van der Waals surface area contributed by atoms with Crippen LogP contribution in [0.25, 0.3) is 0 Å². The van der Waals surface area contributed by atoms with E-state index in [4.69, 9.17) is 7.85 Å². The van der Waals surface area contributed by atoms with Crippen molar-refractivity contribution in [3.8, 4) is 0 Å². The Kier molecular flexibility index (Phi) is 2.09. The van der Waals surface area contributed by atoms with Crippen molar-refractivity contribution in [1.82, 2.24) is 0 Å². The molecule has 3 rings (SSSR count). The van der Waals surface area contributed by atoms with E-state index >= 15 is 0 Å². The van der Waals surface area contributed by atoms with Crippen molar-refractivity contribution in [2.24, 2.45) is 23.7 Å². The molecule has 0 heterocycles. The van der Waals surface area contributed by atoms with Gasteiger partial charge in [0.1, 0.15) is 0 Å². The third-order valence-electron chi connectivity index (χ3n) is 4.94. The summed E-state index contributed by atoms with van der Waals surface area (Å²) in [5.41, 5.74) is 0.920. The van der Waals surface area contributed by atoms with Gasteiger partial charge in [-0.15, -0.1) is 0 Å². The van der Waals surface area contributed by atoms with Gasteiger partial charge in [-0.3, -0.25) is 4.79 Å². The van der Waals surface area contributed by atoms with E-state index in [1.165, 1.54) is 19.3 Å². The largest absolute Gasteiger partial charge is 0.294 e. The molecule has 1 nitrogen and oxygen atoms in total. The molecule has 0 saturated heterocycles. The average molecular weight is 200 g/mol. The van der Waals surface area contributed by atoms with Crippen molar-refractivity contribution >= 4 is 13.6 Å². The molecule has 3 aliphatic carbocycles. The van der Waals surface area contributed by atoms with Gasteiger partial charge in [-0.2, -0.15) is 0 Å². The van der Waals surface area contributed by atoms with Crippen LogP contribution < -0.4 is 0 Å². The molecule has 78 valence electrons. The van der Waals surface area contributed by atoms with Gasteiger partial charge in [-0.1, -0.05) is 31.7 Å². The maximum atomic E-state index is 12.0. The maximum absolute atomic E-state index is 12.0. The fraction of sp³-hybridized carbons (Fsp3) is 0.769. The Balaban J connectivity index is 1.98. The summed E-state index contributed by atoms with van der Waals surface area (Å²) in [5, 5.41) is 0. The fourth-order valence-electron chi connectivity index (χ4n) is 4.25. The molecule has 0 aromatic carbocycles. The van der Waals surface area contributed by atoms with Crippen molar-refractivity contribution in [3.05, 3.63) is 12.2 Å². The van der Waals surface area contributed by atoms with Gasteiger partial charge in [-0.25, -0.2) is 0 Å². The SMILES string of the molecule is [B]C1CCC2C(=O)C(=C)C3CCCC1C32. The van der Waals surface area contributed by atoms with Crippen LogP contribution in [0.1, 0.15) is 32.1 Å². The van der Waals surface area contributed by atoms with Crippen LogP contribution in [0.4, 0.5) is 0 Å². The van der Waals surface area contributed by atoms with Crippen LogP contribution in [0.3, 0.4) is 0 Å². The molecular weight excluding hydrogens is 183 g/mol. The summed E-state index contributed by atoms with van der Waals surface area (Å²) in [6.45, 7) is 4.01. The molecule has 0 aromatic heterocycles. The quantitative estimate of drug-likeness (QED) is 0.433.